The van der Waals surface area contributed by atoms with Gasteiger partial charge in [0.15, 0.2) is 0 Å². The van der Waals surface area contributed by atoms with E-state index in [1.807, 2.05) is 48.5 Å². The number of carbonyl (C=O) groups is 1. The number of ether oxygens (including phenoxy) is 2. The number of anilines is 1. The van der Waals surface area contributed by atoms with Crippen molar-refractivity contribution in [3.05, 3.63) is 48.5 Å². The van der Waals surface area contributed by atoms with Gasteiger partial charge in [-0.25, -0.2) is 0 Å². The van der Waals surface area contributed by atoms with Crippen molar-refractivity contribution >= 4 is 11.6 Å². The van der Waals surface area contributed by atoms with Crippen LogP contribution < -0.4 is 20.1 Å². The number of amides is 1. The average molecular weight is 354 g/mol. The normalized spacial score (nSPS) is 14.7. The highest BCUT2D eigenvalue weighted by Crippen LogP contribution is 2.26. The zero-order chi connectivity index (χ0) is 18.2. The molecule has 0 unspecified atom stereocenters. The van der Waals surface area contributed by atoms with E-state index in [9.17, 15) is 4.79 Å². The highest BCUT2D eigenvalue weighted by atomic mass is 16.5. The molecule has 2 aromatic rings. The summed E-state index contributed by atoms with van der Waals surface area (Å²) in [6.07, 6.45) is 3.88. The fourth-order valence-corrected chi connectivity index (χ4v) is 3.14. The second-order valence-electron chi connectivity index (χ2n) is 6.59. The first kappa shape index (κ1) is 18.3. The summed E-state index contributed by atoms with van der Waals surface area (Å²) in [5.74, 6) is 2.92. The quantitative estimate of drug-likeness (QED) is 0.782. The Hall–Kier alpha value is -2.53. The van der Waals surface area contributed by atoms with Gasteiger partial charge in [0.05, 0.1) is 7.11 Å². The number of nitrogens with one attached hydrogen (secondary N) is 2. The van der Waals surface area contributed by atoms with Gasteiger partial charge in [0, 0.05) is 18.2 Å². The molecule has 5 nitrogen and oxygen atoms in total. The molecule has 2 N–H and O–H groups in total. The van der Waals surface area contributed by atoms with Crippen molar-refractivity contribution in [1.29, 1.82) is 0 Å². The van der Waals surface area contributed by atoms with Crippen LogP contribution in [0.1, 0.15) is 25.7 Å². The lowest BCUT2D eigenvalue weighted by molar-refractivity contribution is -0.116. The number of hydrogen-bond acceptors (Lipinski definition) is 4. The maximum Gasteiger partial charge on any atom is 0.224 e. The molecule has 0 aromatic heterocycles. The van der Waals surface area contributed by atoms with E-state index >= 15 is 0 Å². The van der Waals surface area contributed by atoms with E-state index in [2.05, 4.69) is 10.6 Å². The summed E-state index contributed by atoms with van der Waals surface area (Å²) in [5.41, 5.74) is 0.790. The Bertz CT molecular complexity index is 709. The van der Waals surface area contributed by atoms with E-state index in [-0.39, 0.29) is 5.91 Å². The number of carbonyl (C=O) groups excluding carboxylic acids is 1. The van der Waals surface area contributed by atoms with E-state index in [1.165, 1.54) is 12.8 Å². The molecule has 1 aliphatic rings. The maximum absolute atomic E-state index is 12.1. The number of hydrogen-bond donors (Lipinski definition) is 2. The second kappa shape index (κ2) is 9.25. The molecule has 0 aliphatic carbocycles. The van der Waals surface area contributed by atoms with Crippen LogP contribution in [-0.4, -0.2) is 26.1 Å². The summed E-state index contributed by atoms with van der Waals surface area (Å²) in [7, 11) is 1.63. The molecular formula is C21H26N2O3. The SMILES string of the molecule is COc1cccc(Oc2ccc(NC(=O)CCC3CCNCC3)cc2)c1. The van der Waals surface area contributed by atoms with Gasteiger partial charge in [-0.05, 0) is 74.7 Å². The lowest BCUT2D eigenvalue weighted by atomic mass is 9.93. The predicted octanol–water partition coefficient (Wildman–Crippen LogP) is 4.21. The van der Waals surface area contributed by atoms with Crippen molar-refractivity contribution < 1.29 is 14.3 Å². The lowest BCUT2D eigenvalue weighted by Crippen LogP contribution is -2.28. The molecule has 1 fully saturated rings. The number of methoxy groups -OCH3 is 1. The maximum atomic E-state index is 12.1. The van der Waals surface area contributed by atoms with Gasteiger partial charge in [-0.2, -0.15) is 0 Å². The van der Waals surface area contributed by atoms with Crippen molar-refractivity contribution in [2.75, 3.05) is 25.5 Å². The number of benzene rings is 2. The third-order valence-electron chi connectivity index (χ3n) is 4.65. The van der Waals surface area contributed by atoms with Gasteiger partial charge in [-0.3, -0.25) is 4.79 Å². The van der Waals surface area contributed by atoms with Crippen LogP contribution in [0.15, 0.2) is 48.5 Å². The van der Waals surface area contributed by atoms with Gasteiger partial charge >= 0.3 is 0 Å². The molecule has 3 rings (SSSR count). The standard InChI is InChI=1S/C21H26N2O3/c1-25-19-3-2-4-20(15-19)26-18-8-6-17(7-9-18)23-21(24)10-5-16-11-13-22-14-12-16/h2-4,6-9,15-16,22H,5,10-14H2,1H3,(H,23,24). The predicted molar refractivity (Wildman–Crippen MR) is 103 cm³/mol. The Labute approximate surface area is 154 Å². The van der Waals surface area contributed by atoms with Crippen molar-refractivity contribution in [2.45, 2.75) is 25.7 Å². The zero-order valence-electron chi connectivity index (χ0n) is 15.2. The van der Waals surface area contributed by atoms with Gasteiger partial charge < -0.3 is 20.1 Å². The van der Waals surface area contributed by atoms with Crippen molar-refractivity contribution in [3.63, 3.8) is 0 Å². The van der Waals surface area contributed by atoms with E-state index in [4.69, 9.17) is 9.47 Å². The summed E-state index contributed by atoms with van der Waals surface area (Å²) in [5, 5.41) is 6.31. The molecule has 0 bridgehead atoms. The fraction of sp³-hybridized carbons (Fsp3) is 0.381. The Morgan fingerprint density at radius 3 is 2.54 bits per heavy atom. The monoisotopic (exact) mass is 354 g/mol. The summed E-state index contributed by atoms with van der Waals surface area (Å²) in [6.45, 7) is 2.14. The topological polar surface area (TPSA) is 59.6 Å². The molecule has 0 radical (unpaired) electrons. The molecule has 138 valence electrons. The second-order valence-corrected chi connectivity index (χ2v) is 6.59. The molecule has 26 heavy (non-hydrogen) atoms. The molecule has 0 saturated carbocycles. The smallest absolute Gasteiger partial charge is 0.224 e. The number of rotatable bonds is 7. The van der Waals surface area contributed by atoms with Crippen molar-refractivity contribution in [2.24, 2.45) is 5.92 Å². The Kier molecular flexibility index (Phi) is 6.50. The summed E-state index contributed by atoms with van der Waals surface area (Å²) < 4.78 is 11.0. The van der Waals surface area contributed by atoms with E-state index in [0.717, 1.165) is 30.9 Å². The van der Waals surface area contributed by atoms with Crippen LogP contribution >= 0.6 is 0 Å². The summed E-state index contributed by atoms with van der Waals surface area (Å²) in [6, 6.07) is 14.9. The molecule has 1 heterocycles. The highest BCUT2D eigenvalue weighted by Gasteiger charge is 2.14. The van der Waals surface area contributed by atoms with Crippen LogP contribution in [-0.2, 0) is 4.79 Å². The Morgan fingerprint density at radius 2 is 1.81 bits per heavy atom. The van der Waals surface area contributed by atoms with E-state index in [1.54, 1.807) is 7.11 Å². The molecule has 2 aromatic carbocycles. The van der Waals surface area contributed by atoms with E-state index < -0.39 is 0 Å². The van der Waals surface area contributed by atoms with Crippen LogP contribution in [0.3, 0.4) is 0 Å². The minimum absolute atomic E-state index is 0.0741. The minimum Gasteiger partial charge on any atom is -0.497 e. The largest absolute Gasteiger partial charge is 0.497 e. The van der Waals surface area contributed by atoms with Crippen molar-refractivity contribution in [1.82, 2.24) is 5.32 Å². The van der Waals surface area contributed by atoms with Gasteiger partial charge in [0.1, 0.15) is 17.2 Å². The summed E-state index contributed by atoms with van der Waals surface area (Å²) in [4.78, 5) is 12.1. The van der Waals surface area contributed by atoms with Gasteiger partial charge in [-0.1, -0.05) is 6.07 Å². The molecule has 5 heteroatoms. The molecular weight excluding hydrogens is 328 g/mol. The Balaban J connectivity index is 1.48. The first-order valence-electron chi connectivity index (χ1n) is 9.15. The van der Waals surface area contributed by atoms with Gasteiger partial charge in [0.25, 0.3) is 0 Å². The van der Waals surface area contributed by atoms with Gasteiger partial charge in [0.2, 0.25) is 5.91 Å². The van der Waals surface area contributed by atoms with Crippen LogP contribution in [0.2, 0.25) is 0 Å². The molecule has 0 atom stereocenters. The van der Waals surface area contributed by atoms with E-state index in [0.29, 0.717) is 23.8 Å². The number of piperidine rings is 1. The average Bonchev–Trinajstić information content (AvgIpc) is 2.69. The molecule has 1 saturated heterocycles. The highest BCUT2D eigenvalue weighted by molar-refractivity contribution is 5.90. The van der Waals surface area contributed by atoms with Crippen LogP contribution in [0.4, 0.5) is 5.69 Å². The fourth-order valence-electron chi connectivity index (χ4n) is 3.14. The van der Waals surface area contributed by atoms with Crippen LogP contribution in [0.5, 0.6) is 17.2 Å². The first-order valence-corrected chi connectivity index (χ1v) is 9.15. The van der Waals surface area contributed by atoms with Crippen molar-refractivity contribution in [3.8, 4) is 17.2 Å². The van der Waals surface area contributed by atoms with Crippen LogP contribution in [0.25, 0.3) is 0 Å². The third-order valence-corrected chi connectivity index (χ3v) is 4.65. The van der Waals surface area contributed by atoms with Gasteiger partial charge in [-0.15, -0.1) is 0 Å². The third kappa shape index (κ3) is 5.49. The summed E-state index contributed by atoms with van der Waals surface area (Å²) >= 11 is 0. The first-order chi connectivity index (χ1) is 12.7. The molecule has 1 aliphatic heterocycles. The molecule has 0 spiro atoms. The lowest BCUT2D eigenvalue weighted by Gasteiger charge is -2.22. The minimum atomic E-state index is 0.0741. The van der Waals surface area contributed by atoms with Crippen LogP contribution in [0, 0.1) is 5.92 Å². The molecule has 1 amide bonds. The Morgan fingerprint density at radius 1 is 1.08 bits per heavy atom. The zero-order valence-corrected chi connectivity index (χ0v) is 15.2.